The van der Waals surface area contributed by atoms with Gasteiger partial charge in [0.15, 0.2) is 0 Å². The van der Waals surface area contributed by atoms with E-state index in [-0.39, 0.29) is 10.8 Å². The molecule has 0 aliphatic heterocycles. The quantitative estimate of drug-likeness (QED) is 0.607. The fourth-order valence-electron chi connectivity index (χ4n) is 1.66. The summed E-state index contributed by atoms with van der Waals surface area (Å²) in [5, 5.41) is 3.30. The van der Waals surface area contributed by atoms with Crippen LogP contribution in [0.4, 0.5) is 14.5 Å². The van der Waals surface area contributed by atoms with Crippen LogP contribution in [0.1, 0.15) is 5.56 Å². The van der Waals surface area contributed by atoms with Crippen molar-refractivity contribution in [2.45, 2.75) is 13.2 Å². The Morgan fingerprint density at radius 2 is 1.86 bits per heavy atom. The van der Waals surface area contributed by atoms with Crippen LogP contribution in [0.15, 0.2) is 45.3 Å². The summed E-state index contributed by atoms with van der Waals surface area (Å²) < 4.78 is 30.5. The lowest BCUT2D eigenvalue weighted by molar-refractivity contribution is -0.0497. The van der Waals surface area contributed by atoms with Crippen LogP contribution in [-0.4, -0.2) is 6.61 Å². The summed E-state index contributed by atoms with van der Waals surface area (Å²) in [6.45, 7) is -2.31. The maximum atomic E-state index is 12.1. The van der Waals surface area contributed by atoms with Crippen LogP contribution in [0, 0.1) is 0 Å². The Morgan fingerprint density at radius 3 is 2.48 bits per heavy atom. The summed E-state index contributed by atoms with van der Waals surface area (Å²) in [5.41, 5.74) is 1.79. The zero-order chi connectivity index (χ0) is 15.4. The predicted molar refractivity (Wildman–Crippen MR) is 87.3 cm³/mol. The number of benzene rings is 2. The monoisotopic (exact) mass is 439 g/mol. The Balaban J connectivity index is 2.03. The number of hydrogen-bond donors (Lipinski definition) is 1. The summed E-state index contributed by atoms with van der Waals surface area (Å²) in [7, 11) is 0. The van der Waals surface area contributed by atoms with Gasteiger partial charge in [0.1, 0.15) is 5.75 Å². The molecule has 2 aromatic rings. The number of hydrogen-bond acceptors (Lipinski definition) is 2. The van der Waals surface area contributed by atoms with E-state index in [9.17, 15) is 8.78 Å². The van der Waals surface area contributed by atoms with Gasteiger partial charge in [-0.25, -0.2) is 0 Å². The van der Waals surface area contributed by atoms with E-state index in [1.807, 2.05) is 18.2 Å². The van der Waals surface area contributed by atoms with Crippen molar-refractivity contribution in [3.63, 3.8) is 0 Å². The van der Waals surface area contributed by atoms with E-state index in [2.05, 4.69) is 41.9 Å². The molecule has 0 radical (unpaired) electrons. The van der Waals surface area contributed by atoms with E-state index >= 15 is 0 Å². The Labute approximate surface area is 142 Å². The number of ether oxygens (including phenoxy) is 1. The first-order valence-electron chi connectivity index (χ1n) is 5.88. The summed E-state index contributed by atoms with van der Waals surface area (Å²) in [6.07, 6.45) is 0. The molecule has 0 aliphatic rings. The van der Waals surface area contributed by atoms with Gasteiger partial charge in [0.2, 0.25) is 0 Å². The molecule has 0 aromatic heterocycles. The van der Waals surface area contributed by atoms with Crippen LogP contribution in [0.3, 0.4) is 0 Å². The molecule has 0 bridgehead atoms. The van der Waals surface area contributed by atoms with Gasteiger partial charge in [0.05, 0.1) is 5.02 Å². The average Bonchev–Trinajstić information content (AvgIpc) is 2.42. The molecule has 0 saturated carbocycles. The minimum atomic E-state index is -2.89. The highest BCUT2D eigenvalue weighted by atomic mass is 79.9. The van der Waals surface area contributed by atoms with Crippen molar-refractivity contribution < 1.29 is 13.5 Å². The number of halogens is 5. The third-order valence-corrected chi connectivity index (χ3v) is 4.80. The van der Waals surface area contributed by atoms with Gasteiger partial charge in [0.25, 0.3) is 0 Å². The molecular weight excluding hydrogens is 431 g/mol. The third kappa shape index (κ3) is 4.83. The Hall–Kier alpha value is -0.850. The van der Waals surface area contributed by atoms with Gasteiger partial charge in [-0.3, -0.25) is 0 Å². The van der Waals surface area contributed by atoms with Crippen LogP contribution in [0.2, 0.25) is 5.02 Å². The normalized spacial score (nSPS) is 10.8. The Kier molecular flexibility index (Phi) is 5.84. The molecule has 0 aliphatic carbocycles. The van der Waals surface area contributed by atoms with E-state index in [1.165, 1.54) is 6.07 Å². The van der Waals surface area contributed by atoms with Gasteiger partial charge in [-0.1, -0.05) is 17.7 Å². The average molecular weight is 441 g/mol. The molecule has 2 rings (SSSR count). The van der Waals surface area contributed by atoms with E-state index in [1.54, 1.807) is 12.1 Å². The molecule has 0 heterocycles. The first-order chi connectivity index (χ1) is 9.95. The zero-order valence-electron chi connectivity index (χ0n) is 10.5. The van der Waals surface area contributed by atoms with Crippen molar-refractivity contribution in [1.29, 1.82) is 0 Å². The van der Waals surface area contributed by atoms with Crippen molar-refractivity contribution >= 4 is 49.1 Å². The van der Waals surface area contributed by atoms with Crippen LogP contribution < -0.4 is 10.1 Å². The molecule has 7 heteroatoms. The highest BCUT2D eigenvalue weighted by Gasteiger charge is 2.09. The van der Waals surface area contributed by atoms with Crippen LogP contribution in [0.5, 0.6) is 5.75 Å². The highest BCUT2D eigenvalue weighted by Crippen LogP contribution is 2.29. The van der Waals surface area contributed by atoms with Crippen LogP contribution >= 0.6 is 43.5 Å². The molecule has 0 saturated heterocycles. The van der Waals surface area contributed by atoms with Gasteiger partial charge in [-0.15, -0.1) is 0 Å². The maximum absolute atomic E-state index is 12.1. The van der Waals surface area contributed by atoms with Gasteiger partial charge in [-0.05, 0) is 67.8 Å². The molecule has 0 amide bonds. The SMILES string of the molecule is FC(F)Oc1ccc(NCc2ccc(Br)c(Br)c2)cc1Cl. The van der Waals surface area contributed by atoms with Gasteiger partial charge in [-0.2, -0.15) is 8.78 Å². The van der Waals surface area contributed by atoms with Crippen molar-refractivity contribution in [1.82, 2.24) is 0 Å². The fourth-order valence-corrected chi connectivity index (χ4v) is 2.55. The first-order valence-corrected chi connectivity index (χ1v) is 7.84. The Bertz CT molecular complexity index is 640. The smallest absolute Gasteiger partial charge is 0.387 e. The summed E-state index contributed by atoms with van der Waals surface area (Å²) >= 11 is 12.7. The highest BCUT2D eigenvalue weighted by molar-refractivity contribution is 9.13. The van der Waals surface area contributed by atoms with Gasteiger partial charge >= 0.3 is 6.61 Å². The standard InChI is InChI=1S/C14H10Br2ClF2NO/c15-10-3-1-8(5-11(10)16)7-20-9-2-4-13(12(17)6-9)21-14(18)19/h1-6,14,20H,7H2. The minimum absolute atomic E-state index is 0.0383. The van der Waals surface area contributed by atoms with Crippen molar-refractivity contribution in [2.24, 2.45) is 0 Å². The molecule has 0 atom stereocenters. The lowest BCUT2D eigenvalue weighted by Gasteiger charge is -2.11. The summed E-state index contributed by atoms with van der Waals surface area (Å²) in [6, 6.07) is 10.5. The van der Waals surface area contributed by atoms with Crippen molar-refractivity contribution in [3.05, 3.63) is 55.9 Å². The van der Waals surface area contributed by atoms with Crippen LogP contribution in [0.25, 0.3) is 0 Å². The largest absolute Gasteiger partial charge is 0.433 e. The van der Waals surface area contributed by atoms with E-state index in [0.717, 1.165) is 20.2 Å². The second-order valence-corrected chi connectivity index (χ2v) is 6.24. The van der Waals surface area contributed by atoms with Gasteiger partial charge < -0.3 is 10.1 Å². The topological polar surface area (TPSA) is 21.3 Å². The molecular formula is C14H10Br2ClF2NO. The molecule has 2 nitrogen and oxygen atoms in total. The van der Waals surface area contributed by atoms with E-state index in [0.29, 0.717) is 6.54 Å². The van der Waals surface area contributed by atoms with Crippen molar-refractivity contribution in [2.75, 3.05) is 5.32 Å². The molecule has 0 unspecified atom stereocenters. The third-order valence-electron chi connectivity index (χ3n) is 2.63. The number of alkyl halides is 2. The van der Waals surface area contributed by atoms with Crippen LogP contribution in [-0.2, 0) is 6.54 Å². The number of nitrogens with one attached hydrogen (secondary N) is 1. The van der Waals surface area contributed by atoms with Gasteiger partial charge in [0, 0.05) is 21.2 Å². The molecule has 1 N–H and O–H groups in total. The van der Waals surface area contributed by atoms with E-state index < -0.39 is 6.61 Å². The van der Waals surface area contributed by atoms with E-state index in [4.69, 9.17) is 11.6 Å². The lowest BCUT2D eigenvalue weighted by atomic mass is 10.2. The second kappa shape index (κ2) is 7.42. The second-order valence-electron chi connectivity index (χ2n) is 4.13. The molecule has 0 spiro atoms. The maximum Gasteiger partial charge on any atom is 0.387 e. The number of anilines is 1. The van der Waals surface area contributed by atoms with Crippen molar-refractivity contribution in [3.8, 4) is 5.75 Å². The Morgan fingerprint density at radius 1 is 1.10 bits per heavy atom. The molecule has 2 aromatic carbocycles. The fraction of sp³-hybridized carbons (Fsp3) is 0.143. The molecule has 0 fully saturated rings. The lowest BCUT2D eigenvalue weighted by Crippen LogP contribution is -2.03. The number of rotatable bonds is 5. The zero-order valence-corrected chi connectivity index (χ0v) is 14.5. The summed E-state index contributed by atoms with van der Waals surface area (Å²) in [4.78, 5) is 0. The first kappa shape index (κ1) is 16.5. The summed E-state index contributed by atoms with van der Waals surface area (Å²) in [5.74, 6) is -0.0383. The predicted octanol–water partition coefficient (Wildman–Crippen LogP) is 6.08. The molecule has 21 heavy (non-hydrogen) atoms. The minimum Gasteiger partial charge on any atom is -0.433 e. The molecule has 112 valence electrons.